The Balaban J connectivity index is 1.58. The molecule has 0 radical (unpaired) electrons. The second-order valence-electron chi connectivity index (χ2n) is 7.06. The summed E-state index contributed by atoms with van der Waals surface area (Å²) in [6, 6.07) is 10.4. The van der Waals surface area contributed by atoms with Gasteiger partial charge >= 0.3 is 0 Å². The predicted molar refractivity (Wildman–Crippen MR) is 102 cm³/mol. The average Bonchev–Trinajstić information content (AvgIpc) is 3.16. The van der Waals surface area contributed by atoms with Gasteiger partial charge in [-0.1, -0.05) is 12.1 Å². The molecule has 0 atom stereocenters. The lowest BCUT2D eigenvalue weighted by atomic mass is 9.94. The Morgan fingerprint density at radius 3 is 2.56 bits per heavy atom. The number of nitrogens with zero attached hydrogens (tertiary/aromatic N) is 4. The molecule has 4 rings (SSSR count). The zero-order chi connectivity index (χ0) is 19.2. The molecular weight excluding hydrogens is 364 g/mol. The van der Waals surface area contributed by atoms with Crippen LogP contribution in [0.1, 0.15) is 30.0 Å². The van der Waals surface area contributed by atoms with Gasteiger partial charge in [-0.25, -0.2) is 8.42 Å². The number of hydrogen-bond acceptors (Lipinski definition) is 4. The van der Waals surface area contributed by atoms with Gasteiger partial charge in [0.25, 0.3) is 5.56 Å². The highest BCUT2D eigenvalue weighted by atomic mass is 32.2. The van der Waals surface area contributed by atoms with E-state index in [1.807, 2.05) is 30.7 Å². The number of sulfonamides is 1. The van der Waals surface area contributed by atoms with E-state index in [4.69, 9.17) is 0 Å². The van der Waals surface area contributed by atoms with Crippen molar-refractivity contribution in [3.8, 4) is 0 Å². The minimum Gasteiger partial charge on any atom is -0.333 e. The first-order valence-corrected chi connectivity index (χ1v) is 10.4. The summed E-state index contributed by atoms with van der Waals surface area (Å²) in [6.45, 7) is 2.78. The molecule has 1 fully saturated rings. The third-order valence-corrected chi connectivity index (χ3v) is 7.23. The van der Waals surface area contributed by atoms with E-state index in [1.54, 1.807) is 34.8 Å². The van der Waals surface area contributed by atoms with Crippen LogP contribution in [0.15, 0.2) is 52.3 Å². The summed E-state index contributed by atoms with van der Waals surface area (Å²) < 4.78 is 30.7. The van der Waals surface area contributed by atoms with Gasteiger partial charge in [-0.3, -0.25) is 4.79 Å². The zero-order valence-electron chi connectivity index (χ0n) is 15.4. The Kier molecular flexibility index (Phi) is 4.39. The van der Waals surface area contributed by atoms with Gasteiger partial charge in [-0.05, 0) is 37.5 Å². The summed E-state index contributed by atoms with van der Waals surface area (Å²) in [6.07, 6.45) is 2.98. The predicted octanol–water partition coefficient (Wildman–Crippen LogP) is 1.91. The number of piperidine rings is 1. The number of hydrogen-bond donors (Lipinski definition) is 0. The van der Waals surface area contributed by atoms with Crippen LogP contribution in [-0.4, -0.2) is 40.0 Å². The van der Waals surface area contributed by atoms with Crippen LogP contribution in [0.4, 0.5) is 0 Å². The minimum atomic E-state index is -3.48. The number of aryl methyl sites for hydroxylation is 2. The number of benzene rings is 1. The quantitative estimate of drug-likeness (QED) is 0.689. The van der Waals surface area contributed by atoms with Crippen LogP contribution < -0.4 is 5.56 Å². The molecule has 0 aliphatic carbocycles. The van der Waals surface area contributed by atoms with Crippen molar-refractivity contribution in [2.75, 3.05) is 13.1 Å². The molecule has 1 aliphatic rings. The molecular formula is C19H22N4O3S. The van der Waals surface area contributed by atoms with Crippen LogP contribution in [0, 0.1) is 6.92 Å². The molecule has 0 amide bonds. The van der Waals surface area contributed by atoms with Crippen molar-refractivity contribution in [2.45, 2.75) is 30.6 Å². The summed E-state index contributed by atoms with van der Waals surface area (Å²) in [5.41, 5.74) is 2.45. The van der Waals surface area contributed by atoms with Gasteiger partial charge in [-0.15, -0.1) is 0 Å². The molecule has 3 aromatic rings. The van der Waals surface area contributed by atoms with Gasteiger partial charge < -0.3 is 4.57 Å². The van der Waals surface area contributed by atoms with E-state index in [-0.39, 0.29) is 11.5 Å². The molecule has 8 heteroatoms. The molecule has 142 valence electrons. The Bertz CT molecular complexity index is 1160. The van der Waals surface area contributed by atoms with Crippen molar-refractivity contribution in [2.24, 2.45) is 7.05 Å². The van der Waals surface area contributed by atoms with Crippen molar-refractivity contribution in [3.05, 3.63) is 64.2 Å². The van der Waals surface area contributed by atoms with Gasteiger partial charge in [-0.2, -0.15) is 13.9 Å². The Hall–Kier alpha value is -2.45. The fraction of sp³-hybridized carbons (Fsp3) is 0.368. The molecule has 27 heavy (non-hydrogen) atoms. The van der Waals surface area contributed by atoms with Crippen molar-refractivity contribution in [1.29, 1.82) is 0 Å². The molecule has 2 aromatic heterocycles. The Labute approximate surface area is 157 Å². The fourth-order valence-electron chi connectivity index (χ4n) is 3.85. The summed E-state index contributed by atoms with van der Waals surface area (Å²) >= 11 is 0. The topological polar surface area (TPSA) is 76.7 Å². The summed E-state index contributed by atoms with van der Waals surface area (Å²) in [7, 11) is -1.57. The van der Waals surface area contributed by atoms with E-state index in [2.05, 4.69) is 5.10 Å². The maximum atomic E-state index is 12.9. The fourth-order valence-corrected chi connectivity index (χ4v) is 5.42. The van der Waals surface area contributed by atoms with Crippen LogP contribution in [0.2, 0.25) is 0 Å². The molecule has 1 aromatic carbocycles. The monoisotopic (exact) mass is 386 g/mol. The molecule has 1 aliphatic heterocycles. The minimum absolute atomic E-state index is 0.145. The molecule has 0 saturated carbocycles. The highest BCUT2D eigenvalue weighted by Gasteiger charge is 2.31. The SMILES string of the molecule is Cc1cccc(S(=O)(=O)N2CCC(c3cc(=O)n4nccc4n3C)CC2)c1. The smallest absolute Gasteiger partial charge is 0.274 e. The number of fused-ring (bicyclic) bond motifs is 1. The molecule has 7 nitrogen and oxygen atoms in total. The first-order valence-electron chi connectivity index (χ1n) is 8.98. The lowest BCUT2D eigenvalue weighted by molar-refractivity contribution is 0.313. The van der Waals surface area contributed by atoms with Crippen LogP contribution >= 0.6 is 0 Å². The maximum Gasteiger partial charge on any atom is 0.274 e. The summed E-state index contributed by atoms with van der Waals surface area (Å²) in [4.78, 5) is 12.6. The first-order chi connectivity index (χ1) is 12.9. The second-order valence-corrected chi connectivity index (χ2v) is 9.00. The summed E-state index contributed by atoms with van der Waals surface area (Å²) in [5, 5.41) is 4.05. The van der Waals surface area contributed by atoms with Crippen molar-refractivity contribution < 1.29 is 8.42 Å². The zero-order valence-corrected chi connectivity index (χ0v) is 16.2. The Morgan fingerprint density at radius 1 is 1.11 bits per heavy atom. The van der Waals surface area contributed by atoms with E-state index in [0.717, 1.165) is 16.9 Å². The number of rotatable bonds is 3. The van der Waals surface area contributed by atoms with Crippen molar-refractivity contribution in [1.82, 2.24) is 18.5 Å². The molecule has 0 bridgehead atoms. The molecule has 0 spiro atoms. The highest BCUT2D eigenvalue weighted by molar-refractivity contribution is 7.89. The molecule has 0 unspecified atom stereocenters. The van der Waals surface area contributed by atoms with Gasteiger partial charge in [0.1, 0.15) is 5.65 Å². The normalized spacial score (nSPS) is 16.8. The van der Waals surface area contributed by atoms with Gasteiger partial charge in [0.15, 0.2) is 0 Å². The summed E-state index contributed by atoms with van der Waals surface area (Å²) in [5.74, 6) is 0.145. The maximum absolute atomic E-state index is 12.9. The van der Waals surface area contributed by atoms with E-state index >= 15 is 0 Å². The lowest BCUT2D eigenvalue weighted by Crippen LogP contribution is -2.38. The largest absolute Gasteiger partial charge is 0.333 e. The second kappa shape index (κ2) is 6.61. The van der Waals surface area contributed by atoms with Gasteiger partial charge in [0, 0.05) is 43.9 Å². The molecule has 0 N–H and O–H groups in total. The average molecular weight is 386 g/mol. The molecule has 3 heterocycles. The van der Waals surface area contributed by atoms with E-state index in [9.17, 15) is 13.2 Å². The van der Waals surface area contributed by atoms with Crippen molar-refractivity contribution >= 4 is 15.7 Å². The lowest BCUT2D eigenvalue weighted by Gasteiger charge is -2.32. The van der Waals surface area contributed by atoms with Crippen LogP contribution in [0.3, 0.4) is 0 Å². The highest BCUT2D eigenvalue weighted by Crippen LogP contribution is 2.30. The van der Waals surface area contributed by atoms with Crippen molar-refractivity contribution in [3.63, 3.8) is 0 Å². The van der Waals surface area contributed by atoms with Crippen LogP contribution in [0.25, 0.3) is 5.65 Å². The van der Waals surface area contributed by atoms with Crippen LogP contribution in [-0.2, 0) is 17.1 Å². The molecule has 1 saturated heterocycles. The van der Waals surface area contributed by atoms with Crippen LogP contribution in [0.5, 0.6) is 0 Å². The van der Waals surface area contributed by atoms with Gasteiger partial charge in [0.05, 0.1) is 11.1 Å². The third-order valence-electron chi connectivity index (χ3n) is 5.33. The van der Waals surface area contributed by atoms with Gasteiger partial charge in [0.2, 0.25) is 10.0 Å². The number of aromatic nitrogens is 3. The first kappa shape index (κ1) is 17.9. The van der Waals surface area contributed by atoms with E-state index < -0.39 is 10.0 Å². The Morgan fingerprint density at radius 2 is 1.85 bits per heavy atom. The third kappa shape index (κ3) is 3.08. The van der Waals surface area contributed by atoms with E-state index in [0.29, 0.717) is 30.8 Å². The van der Waals surface area contributed by atoms with E-state index in [1.165, 1.54) is 4.52 Å². The standard InChI is InChI=1S/C19H22N4O3S/c1-14-4-3-5-16(12-14)27(25,26)22-10-7-15(8-11-22)17-13-19(24)23-18(21(17)2)6-9-20-23/h3-6,9,12-13,15H,7-8,10-11H2,1-2H3.